The molecule has 0 atom stereocenters. The molecule has 0 saturated carbocycles. The molecule has 18 heavy (non-hydrogen) atoms. The average molecular weight is 240 g/mol. The molecule has 0 spiro atoms. The number of rotatable bonds is 4. The van der Waals surface area contributed by atoms with Gasteiger partial charge in [-0.15, -0.1) is 0 Å². The normalized spacial score (nSPS) is 10.6. The summed E-state index contributed by atoms with van der Waals surface area (Å²) in [6.45, 7) is 5.22. The van der Waals surface area contributed by atoms with Crippen LogP contribution in [0.2, 0.25) is 0 Å². The molecule has 2 aromatic rings. The van der Waals surface area contributed by atoms with Crippen molar-refractivity contribution < 1.29 is 0 Å². The van der Waals surface area contributed by atoms with Crippen LogP contribution in [0.1, 0.15) is 30.9 Å². The quantitative estimate of drug-likeness (QED) is 0.793. The Balaban J connectivity index is 2.11. The number of nitrogens with one attached hydrogen (secondary N) is 1. The molecule has 0 unspecified atom stereocenters. The number of nitrogen functional groups attached to an aromatic ring is 1. The van der Waals surface area contributed by atoms with E-state index in [1.165, 1.54) is 16.8 Å². The lowest BCUT2D eigenvalue weighted by atomic mass is 10.0. The van der Waals surface area contributed by atoms with E-state index in [2.05, 4.69) is 49.5 Å². The van der Waals surface area contributed by atoms with E-state index in [1.807, 2.05) is 18.2 Å². The molecule has 3 N–H and O–H groups in total. The van der Waals surface area contributed by atoms with Crippen LogP contribution in [0.3, 0.4) is 0 Å². The molecule has 94 valence electrons. The summed E-state index contributed by atoms with van der Waals surface area (Å²) in [6, 6.07) is 16.4. The Kier molecular flexibility index (Phi) is 3.88. The number of hydrogen-bond acceptors (Lipinski definition) is 2. The van der Waals surface area contributed by atoms with Gasteiger partial charge in [-0.25, -0.2) is 0 Å². The number of benzene rings is 2. The maximum absolute atomic E-state index is 5.78. The zero-order valence-electron chi connectivity index (χ0n) is 11.0. The fourth-order valence-electron chi connectivity index (χ4n) is 2.06. The van der Waals surface area contributed by atoms with Gasteiger partial charge in [0.25, 0.3) is 0 Å². The average Bonchev–Trinajstić information content (AvgIpc) is 2.37. The van der Waals surface area contributed by atoms with Crippen molar-refractivity contribution in [1.82, 2.24) is 0 Å². The molecular formula is C16H20N2. The second-order valence-corrected chi connectivity index (χ2v) is 4.84. The SMILES string of the molecule is CC(C)c1ccccc1NCc1cccc(N)c1. The van der Waals surface area contributed by atoms with Crippen molar-refractivity contribution in [2.45, 2.75) is 26.3 Å². The zero-order valence-corrected chi connectivity index (χ0v) is 11.0. The molecule has 0 bridgehead atoms. The minimum atomic E-state index is 0.523. The molecule has 0 amide bonds. The first-order valence-electron chi connectivity index (χ1n) is 6.34. The zero-order chi connectivity index (χ0) is 13.0. The van der Waals surface area contributed by atoms with E-state index < -0.39 is 0 Å². The second-order valence-electron chi connectivity index (χ2n) is 4.84. The fourth-order valence-corrected chi connectivity index (χ4v) is 2.06. The molecular weight excluding hydrogens is 220 g/mol. The summed E-state index contributed by atoms with van der Waals surface area (Å²) >= 11 is 0. The van der Waals surface area contributed by atoms with E-state index in [9.17, 15) is 0 Å². The standard InChI is InChI=1S/C16H20N2/c1-12(2)15-8-3-4-9-16(15)18-11-13-6-5-7-14(17)10-13/h3-10,12,18H,11,17H2,1-2H3. The third-order valence-corrected chi connectivity index (χ3v) is 3.02. The van der Waals surface area contributed by atoms with Gasteiger partial charge < -0.3 is 11.1 Å². The first-order chi connectivity index (χ1) is 8.66. The lowest BCUT2D eigenvalue weighted by molar-refractivity contribution is 0.865. The van der Waals surface area contributed by atoms with Crippen LogP contribution in [0, 0.1) is 0 Å². The molecule has 0 aliphatic rings. The van der Waals surface area contributed by atoms with Gasteiger partial charge in [-0.2, -0.15) is 0 Å². The van der Waals surface area contributed by atoms with Gasteiger partial charge in [0.1, 0.15) is 0 Å². The predicted octanol–water partition coefficient (Wildman–Crippen LogP) is 4.00. The van der Waals surface area contributed by atoms with Crippen molar-refractivity contribution in [1.29, 1.82) is 0 Å². The van der Waals surface area contributed by atoms with Crippen LogP contribution in [-0.2, 0) is 6.54 Å². The Hall–Kier alpha value is -1.96. The summed E-state index contributed by atoms with van der Waals surface area (Å²) in [5.74, 6) is 0.523. The second kappa shape index (κ2) is 5.58. The Bertz CT molecular complexity index is 518. The van der Waals surface area contributed by atoms with Crippen molar-refractivity contribution in [3.63, 3.8) is 0 Å². The van der Waals surface area contributed by atoms with Gasteiger partial charge in [-0.3, -0.25) is 0 Å². The van der Waals surface area contributed by atoms with Crippen LogP contribution < -0.4 is 11.1 Å². The Morgan fingerprint density at radius 3 is 2.56 bits per heavy atom. The molecule has 0 radical (unpaired) electrons. The first-order valence-corrected chi connectivity index (χ1v) is 6.34. The van der Waals surface area contributed by atoms with Crippen molar-refractivity contribution in [3.8, 4) is 0 Å². The molecule has 2 nitrogen and oxygen atoms in total. The van der Waals surface area contributed by atoms with Crippen molar-refractivity contribution in [3.05, 3.63) is 59.7 Å². The molecule has 2 heteroatoms. The van der Waals surface area contributed by atoms with Crippen LogP contribution in [0.5, 0.6) is 0 Å². The number of hydrogen-bond donors (Lipinski definition) is 2. The molecule has 2 aromatic carbocycles. The Morgan fingerprint density at radius 2 is 1.83 bits per heavy atom. The van der Waals surface area contributed by atoms with Gasteiger partial charge in [0.15, 0.2) is 0 Å². The molecule has 0 aliphatic heterocycles. The Morgan fingerprint density at radius 1 is 1.06 bits per heavy atom. The van der Waals surface area contributed by atoms with Crippen LogP contribution in [0.15, 0.2) is 48.5 Å². The third kappa shape index (κ3) is 3.04. The van der Waals surface area contributed by atoms with E-state index in [4.69, 9.17) is 5.73 Å². The van der Waals surface area contributed by atoms with E-state index in [-0.39, 0.29) is 0 Å². The molecule has 0 fully saturated rings. The van der Waals surface area contributed by atoms with Gasteiger partial charge in [-0.05, 0) is 35.2 Å². The molecule has 0 aromatic heterocycles. The molecule has 0 heterocycles. The van der Waals surface area contributed by atoms with Crippen LogP contribution in [0.4, 0.5) is 11.4 Å². The molecule has 2 rings (SSSR count). The Labute approximate surface area is 109 Å². The smallest absolute Gasteiger partial charge is 0.0401 e. The van der Waals surface area contributed by atoms with Gasteiger partial charge in [0.2, 0.25) is 0 Å². The lowest BCUT2D eigenvalue weighted by Gasteiger charge is -2.14. The topological polar surface area (TPSA) is 38.0 Å². The minimum absolute atomic E-state index is 0.523. The van der Waals surface area contributed by atoms with Gasteiger partial charge in [0, 0.05) is 17.9 Å². The van der Waals surface area contributed by atoms with Gasteiger partial charge in [0.05, 0.1) is 0 Å². The highest BCUT2D eigenvalue weighted by Gasteiger charge is 2.05. The van der Waals surface area contributed by atoms with Crippen LogP contribution in [-0.4, -0.2) is 0 Å². The first kappa shape index (κ1) is 12.5. The summed E-state index contributed by atoms with van der Waals surface area (Å²) in [5, 5.41) is 3.48. The van der Waals surface area contributed by atoms with Gasteiger partial charge in [-0.1, -0.05) is 44.2 Å². The number of para-hydroxylation sites is 1. The van der Waals surface area contributed by atoms with E-state index >= 15 is 0 Å². The summed E-state index contributed by atoms with van der Waals surface area (Å²) in [4.78, 5) is 0. The maximum atomic E-state index is 5.78. The van der Waals surface area contributed by atoms with E-state index in [1.54, 1.807) is 0 Å². The minimum Gasteiger partial charge on any atom is -0.399 e. The van der Waals surface area contributed by atoms with E-state index in [0.717, 1.165) is 12.2 Å². The highest BCUT2D eigenvalue weighted by Crippen LogP contribution is 2.24. The van der Waals surface area contributed by atoms with Crippen molar-refractivity contribution >= 4 is 11.4 Å². The monoisotopic (exact) mass is 240 g/mol. The molecule has 0 saturated heterocycles. The largest absolute Gasteiger partial charge is 0.399 e. The highest BCUT2D eigenvalue weighted by molar-refractivity contribution is 5.53. The van der Waals surface area contributed by atoms with Crippen molar-refractivity contribution in [2.24, 2.45) is 0 Å². The number of nitrogens with two attached hydrogens (primary N) is 1. The predicted molar refractivity (Wildman–Crippen MR) is 78.7 cm³/mol. The third-order valence-electron chi connectivity index (χ3n) is 3.02. The van der Waals surface area contributed by atoms with E-state index in [0.29, 0.717) is 5.92 Å². The number of anilines is 2. The summed E-state index contributed by atoms with van der Waals surface area (Å²) < 4.78 is 0. The summed E-state index contributed by atoms with van der Waals surface area (Å²) in [6.07, 6.45) is 0. The van der Waals surface area contributed by atoms with Crippen LogP contribution in [0.25, 0.3) is 0 Å². The highest BCUT2D eigenvalue weighted by atomic mass is 14.9. The maximum Gasteiger partial charge on any atom is 0.0401 e. The fraction of sp³-hybridized carbons (Fsp3) is 0.250. The lowest BCUT2D eigenvalue weighted by Crippen LogP contribution is -2.03. The van der Waals surface area contributed by atoms with Gasteiger partial charge >= 0.3 is 0 Å². The summed E-state index contributed by atoms with van der Waals surface area (Å²) in [5.41, 5.74) is 10.3. The summed E-state index contributed by atoms with van der Waals surface area (Å²) in [7, 11) is 0. The van der Waals surface area contributed by atoms with Crippen molar-refractivity contribution in [2.75, 3.05) is 11.1 Å². The van der Waals surface area contributed by atoms with Crippen LogP contribution >= 0.6 is 0 Å². The molecule has 0 aliphatic carbocycles.